The Labute approximate surface area is 207 Å². The molecule has 0 spiro atoms. The van der Waals surface area contributed by atoms with E-state index in [0.29, 0.717) is 37.8 Å². The van der Waals surface area contributed by atoms with E-state index in [2.05, 4.69) is 5.32 Å². The topological polar surface area (TPSA) is 90.0 Å². The summed E-state index contributed by atoms with van der Waals surface area (Å²) in [5, 5.41) is 2.92. The molecule has 8 nitrogen and oxygen atoms in total. The number of carbonyl (C=O) groups excluding carboxylic acids is 4. The highest BCUT2D eigenvalue weighted by Crippen LogP contribution is 2.33. The summed E-state index contributed by atoms with van der Waals surface area (Å²) in [5.41, 5.74) is 1.46. The van der Waals surface area contributed by atoms with Crippen LogP contribution in [0.5, 0.6) is 0 Å². The van der Waals surface area contributed by atoms with Crippen LogP contribution >= 0.6 is 0 Å². The Kier molecular flexibility index (Phi) is 7.28. The van der Waals surface area contributed by atoms with Gasteiger partial charge in [0.15, 0.2) is 5.78 Å². The van der Waals surface area contributed by atoms with Crippen molar-refractivity contribution < 1.29 is 19.2 Å². The van der Waals surface area contributed by atoms with E-state index in [9.17, 15) is 19.2 Å². The zero-order chi connectivity index (χ0) is 25.3. The first-order valence-electron chi connectivity index (χ1n) is 12.5. The Morgan fingerprint density at radius 1 is 1.06 bits per heavy atom. The van der Waals surface area contributed by atoms with Gasteiger partial charge in [-0.1, -0.05) is 26.0 Å². The van der Waals surface area contributed by atoms with E-state index in [1.54, 1.807) is 21.9 Å². The van der Waals surface area contributed by atoms with Crippen molar-refractivity contribution in [3.8, 4) is 0 Å². The zero-order valence-electron chi connectivity index (χ0n) is 21.1. The minimum absolute atomic E-state index is 0.0124. The van der Waals surface area contributed by atoms with Gasteiger partial charge in [0, 0.05) is 37.8 Å². The maximum Gasteiger partial charge on any atom is 0.251 e. The summed E-state index contributed by atoms with van der Waals surface area (Å²) in [5.74, 6) is -0.556. The smallest absolute Gasteiger partial charge is 0.251 e. The second-order valence-electron chi connectivity index (χ2n) is 10.5. The van der Waals surface area contributed by atoms with Crippen molar-refractivity contribution in [3.05, 3.63) is 42.0 Å². The van der Waals surface area contributed by atoms with Crippen LogP contribution in [0, 0.1) is 11.8 Å². The van der Waals surface area contributed by atoms with Crippen molar-refractivity contribution in [2.24, 2.45) is 11.8 Å². The Hall–Kier alpha value is -3.16. The molecule has 1 aromatic carbocycles. The van der Waals surface area contributed by atoms with Gasteiger partial charge in [-0.05, 0) is 55.9 Å². The third-order valence-corrected chi connectivity index (χ3v) is 7.30. The second-order valence-corrected chi connectivity index (χ2v) is 10.5. The van der Waals surface area contributed by atoms with Crippen molar-refractivity contribution in [2.45, 2.75) is 57.7 Å². The van der Waals surface area contributed by atoms with Gasteiger partial charge in [-0.25, -0.2) is 0 Å². The molecular weight excluding hydrogens is 444 g/mol. The van der Waals surface area contributed by atoms with Crippen molar-refractivity contribution in [1.29, 1.82) is 0 Å². The van der Waals surface area contributed by atoms with E-state index in [0.717, 1.165) is 5.69 Å². The SMILES string of the molecule is CC(C)CC(NC(=O)c1ccc(N(C)C)cc1)C(=O)N1CCC2C1C(=O)CN2C(=O)C1CC=CC1. The molecule has 35 heavy (non-hydrogen) atoms. The molecule has 0 saturated carbocycles. The zero-order valence-corrected chi connectivity index (χ0v) is 21.1. The van der Waals surface area contributed by atoms with E-state index < -0.39 is 12.1 Å². The minimum atomic E-state index is -0.730. The lowest BCUT2D eigenvalue weighted by molar-refractivity contribution is -0.138. The fraction of sp³-hybridized carbons (Fsp3) is 0.556. The molecule has 8 heteroatoms. The number of rotatable bonds is 7. The Morgan fingerprint density at radius 3 is 2.31 bits per heavy atom. The highest BCUT2D eigenvalue weighted by Gasteiger charge is 2.52. The normalized spacial score (nSPS) is 22.6. The molecule has 2 aliphatic heterocycles. The first kappa shape index (κ1) is 24.9. The molecule has 2 heterocycles. The number of allylic oxidation sites excluding steroid dienone is 2. The van der Waals surface area contributed by atoms with Gasteiger partial charge in [0.2, 0.25) is 11.8 Å². The highest BCUT2D eigenvalue weighted by molar-refractivity contribution is 6.01. The summed E-state index contributed by atoms with van der Waals surface area (Å²) in [6.07, 6.45) is 6.50. The molecule has 1 aliphatic carbocycles. The van der Waals surface area contributed by atoms with Crippen LogP contribution in [0.3, 0.4) is 0 Å². The van der Waals surface area contributed by atoms with Crippen molar-refractivity contribution in [2.75, 3.05) is 32.1 Å². The molecule has 3 unspecified atom stereocenters. The molecule has 2 saturated heterocycles. The van der Waals surface area contributed by atoms with Gasteiger partial charge in [-0.15, -0.1) is 0 Å². The summed E-state index contributed by atoms with van der Waals surface area (Å²) >= 11 is 0. The van der Waals surface area contributed by atoms with E-state index in [4.69, 9.17) is 0 Å². The Balaban J connectivity index is 1.47. The van der Waals surface area contributed by atoms with Crippen molar-refractivity contribution in [1.82, 2.24) is 15.1 Å². The van der Waals surface area contributed by atoms with Gasteiger partial charge in [-0.2, -0.15) is 0 Å². The summed E-state index contributed by atoms with van der Waals surface area (Å²) < 4.78 is 0. The standard InChI is InChI=1S/C27H36N4O4/c1-17(2)15-21(28-25(33)18-9-11-20(12-10-18)29(3)4)27(35)30-14-13-22-24(30)23(32)16-31(22)26(34)19-7-5-6-8-19/h5-6,9-12,17,19,21-22,24H,7-8,13-16H2,1-4H3,(H,28,33). The number of nitrogens with one attached hydrogen (secondary N) is 1. The summed E-state index contributed by atoms with van der Waals surface area (Å²) in [7, 11) is 3.86. The summed E-state index contributed by atoms with van der Waals surface area (Å²) in [4.78, 5) is 57.9. The molecule has 3 amide bonds. The lowest BCUT2D eigenvalue weighted by atomic mass is 10.0. The number of likely N-dealkylation sites (tertiary alicyclic amines) is 2. The van der Waals surface area contributed by atoms with Gasteiger partial charge in [0.05, 0.1) is 12.6 Å². The van der Waals surface area contributed by atoms with Gasteiger partial charge >= 0.3 is 0 Å². The van der Waals surface area contributed by atoms with Gasteiger partial charge in [0.1, 0.15) is 12.1 Å². The van der Waals surface area contributed by atoms with Crippen LogP contribution in [0.15, 0.2) is 36.4 Å². The van der Waals surface area contributed by atoms with Gasteiger partial charge in [0.25, 0.3) is 5.91 Å². The molecule has 0 radical (unpaired) electrons. The molecule has 4 rings (SSSR count). The van der Waals surface area contributed by atoms with Crippen LogP contribution in [0.4, 0.5) is 5.69 Å². The number of Topliss-reactive ketones (excluding diaryl/α,β-unsaturated/α-hetero) is 1. The Bertz CT molecular complexity index is 1010. The van der Waals surface area contributed by atoms with Crippen LogP contribution in [0.25, 0.3) is 0 Å². The predicted octanol–water partition coefficient (Wildman–Crippen LogP) is 2.24. The fourth-order valence-corrected chi connectivity index (χ4v) is 5.46. The molecule has 1 aromatic rings. The number of amides is 3. The number of ketones is 1. The number of benzene rings is 1. The molecule has 3 aliphatic rings. The lowest BCUT2D eigenvalue weighted by Gasteiger charge is -2.29. The van der Waals surface area contributed by atoms with E-state index in [-0.39, 0.29) is 47.9 Å². The predicted molar refractivity (Wildman–Crippen MR) is 134 cm³/mol. The number of carbonyl (C=O) groups is 4. The van der Waals surface area contributed by atoms with E-state index in [1.165, 1.54) is 0 Å². The monoisotopic (exact) mass is 480 g/mol. The average Bonchev–Trinajstić information content (AvgIpc) is 3.56. The molecule has 0 aromatic heterocycles. The lowest BCUT2D eigenvalue weighted by Crippen LogP contribution is -2.53. The molecule has 3 atom stereocenters. The summed E-state index contributed by atoms with van der Waals surface area (Å²) in [6.45, 7) is 4.48. The fourth-order valence-electron chi connectivity index (χ4n) is 5.46. The molecule has 1 N–H and O–H groups in total. The second kappa shape index (κ2) is 10.2. The van der Waals surface area contributed by atoms with Crippen LogP contribution in [-0.2, 0) is 14.4 Å². The average molecular weight is 481 g/mol. The van der Waals surface area contributed by atoms with Crippen LogP contribution in [0.2, 0.25) is 0 Å². The first-order chi connectivity index (χ1) is 16.7. The largest absolute Gasteiger partial charge is 0.378 e. The van der Waals surface area contributed by atoms with Crippen LogP contribution in [-0.4, -0.2) is 78.6 Å². The Morgan fingerprint density at radius 2 is 1.71 bits per heavy atom. The van der Waals surface area contributed by atoms with Crippen LogP contribution in [0.1, 0.15) is 49.9 Å². The van der Waals surface area contributed by atoms with E-state index in [1.807, 2.05) is 57.1 Å². The van der Waals surface area contributed by atoms with E-state index >= 15 is 0 Å². The first-order valence-corrected chi connectivity index (χ1v) is 12.5. The van der Waals surface area contributed by atoms with Crippen molar-refractivity contribution >= 4 is 29.2 Å². The molecule has 0 bridgehead atoms. The quantitative estimate of drug-likeness (QED) is 0.605. The highest BCUT2D eigenvalue weighted by atomic mass is 16.2. The maximum absolute atomic E-state index is 13.7. The number of nitrogens with zero attached hydrogens (tertiary/aromatic N) is 3. The molecule has 2 fully saturated rings. The number of hydrogen-bond acceptors (Lipinski definition) is 5. The van der Waals surface area contributed by atoms with Gasteiger partial charge < -0.3 is 20.0 Å². The summed E-state index contributed by atoms with van der Waals surface area (Å²) in [6, 6.07) is 5.60. The van der Waals surface area contributed by atoms with Crippen molar-refractivity contribution in [3.63, 3.8) is 0 Å². The minimum Gasteiger partial charge on any atom is -0.378 e. The third kappa shape index (κ3) is 5.11. The molecular formula is C27H36N4O4. The van der Waals surface area contributed by atoms with Crippen LogP contribution < -0.4 is 10.2 Å². The third-order valence-electron chi connectivity index (χ3n) is 7.30. The molecule has 188 valence electrons. The number of anilines is 1. The maximum atomic E-state index is 13.7. The van der Waals surface area contributed by atoms with Gasteiger partial charge in [-0.3, -0.25) is 19.2 Å². The number of hydrogen-bond donors (Lipinski definition) is 1. The number of fused-ring (bicyclic) bond motifs is 1.